The molecule has 0 amide bonds. The molecule has 0 bridgehead atoms. The van der Waals surface area contributed by atoms with E-state index in [0.717, 1.165) is 16.5 Å². The minimum absolute atomic E-state index is 0.216. The molecular formula is C16H21BrN2O2. The lowest BCUT2D eigenvalue weighted by atomic mass is 9.86. The highest BCUT2D eigenvalue weighted by atomic mass is 79.9. The van der Waals surface area contributed by atoms with Gasteiger partial charge in [-0.3, -0.25) is 0 Å². The van der Waals surface area contributed by atoms with Crippen LogP contribution < -0.4 is 5.73 Å². The molecule has 2 N–H and O–H groups in total. The summed E-state index contributed by atoms with van der Waals surface area (Å²) in [6, 6.07) is 7.36. The number of nitrogens with zero attached hydrogens (tertiary/aromatic N) is 1. The molecule has 0 unspecified atom stereocenters. The van der Waals surface area contributed by atoms with Gasteiger partial charge < -0.3 is 10.6 Å². The van der Waals surface area contributed by atoms with E-state index < -0.39 is 0 Å². The fourth-order valence-corrected chi connectivity index (χ4v) is 2.88. The topological polar surface area (TPSA) is 64.7 Å². The van der Waals surface area contributed by atoms with Crippen LogP contribution in [-0.2, 0) is 9.63 Å². The maximum Gasteiger partial charge on any atom is 0.335 e. The number of hydrogen-bond acceptors (Lipinski definition) is 3. The molecule has 0 radical (unpaired) electrons. The standard InChI is InChI=1S/C16H21BrN2O2/c17-14-9-7-13(8-10-14)16(18)19-21-15(20)11-6-12-4-2-1-3-5-12/h7-10,12H,1-6,11H2,(H2,18,19). The second-order valence-electron chi connectivity index (χ2n) is 5.49. The van der Waals surface area contributed by atoms with Crippen molar-refractivity contribution >= 4 is 27.7 Å². The molecule has 0 spiro atoms. The van der Waals surface area contributed by atoms with Crippen molar-refractivity contribution in [1.82, 2.24) is 0 Å². The van der Waals surface area contributed by atoms with Gasteiger partial charge in [0, 0.05) is 16.5 Å². The number of carbonyl (C=O) groups is 1. The Labute approximate surface area is 133 Å². The average molecular weight is 353 g/mol. The van der Waals surface area contributed by atoms with Crippen molar-refractivity contribution in [3.8, 4) is 0 Å². The summed E-state index contributed by atoms with van der Waals surface area (Å²) in [6.07, 6.45) is 7.68. The third kappa shape index (κ3) is 5.50. The molecule has 1 aromatic carbocycles. The van der Waals surface area contributed by atoms with Crippen LogP contribution in [0.4, 0.5) is 0 Å². The highest BCUT2D eigenvalue weighted by Crippen LogP contribution is 2.27. The third-order valence-corrected chi connectivity index (χ3v) is 4.40. The van der Waals surface area contributed by atoms with Gasteiger partial charge >= 0.3 is 5.97 Å². The lowest BCUT2D eigenvalue weighted by Crippen LogP contribution is -2.15. The minimum atomic E-state index is -0.305. The van der Waals surface area contributed by atoms with Crippen molar-refractivity contribution in [2.24, 2.45) is 16.8 Å². The van der Waals surface area contributed by atoms with Crippen LogP contribution in [0.5, 0.6) is 0 Å². The van der Waals surface area contributed by atoms with E-state index in [2.05, 4.69) is 21.1 Å². The van der Waals surface area contributed by atoms with Gasteiger partial charge in [0.1, 0.15) is 0 Å². The largest absolute Gasteiger partial charge is 0.380 e. The van der Waals surface area contributed by atoms with Crippen LogP contribution in [0.2, 0.25) is 0 Å². The van der Waals surface area contributed by atoms with Crippen molar-refractivity contribution in [2.45, 2.75) is 44.9 Å². The third-order valence-electron chi connectivity index (χ3n) is 3.87. The summed E-state index contributed by atoms with van der Waals surface area (Å²) < 4.78 is 0.962. The smallest absolute Gasteiger partial charge is 0.335 e. The van der Waals surface area contributed by atoms with Crippen molar-refractivity contribution in [1.29, 1.82) is 0 Å². The molecular weight excluding hydrogens is 332 g/mol. The molecule has 1 aliphatic carbocycles. The Morgan fingerprint density at radius 1 is 1.24 bits per heavy atom. The lowest BCUT2D eigenvalue weighted by molar-refractivity contribution is -0.144. The molecule has 5 heteroatoms. The van der Waals surface area contributed by atoms with Gasteiger partial charge in [-0.25, -0.2) is 4.79 Å². The van der Waals surface area contributed by atoms with Gasteiger partial charge in [-0.2, -0.15) is 0 Å². The van der Waals surface area contributed by atoms with Crippen LogP contribution in [0.15, 0.2) is 33.9 Å². The first-order valence-corrected chi connectivity index (χ1v) is 8.23. The Kier molecular flexibility index (Phi) is 6.23. The lowest BCUT2D eigenvalue weighted by Gasteiger charge is -2.20. The van der Waals surface area contributed by atoms with Gasteiger partial charge in [0.05, 0.1) is 0 Å². The normalized spacial score (nSPS) is 16.7. The number of oxime groups is 1. The zero-order chi connectivity index (χ0) is 15.1. The molecule has 0 aromatic heterocycles. The number of carbonyl (C=O) groups excluding carboxylic acids is 1. The zero-order valence-corrected chi connectivity index (χ0v) is 13.6. The molecule has 2 rings (SSSR count). The number of benzene rings is 1. The number of nitrogens with two attached hydrogens (primary N) is 1. The summed E-state index contributed by atoms with van der Waals surface area (Å²) in [5, 5.41) is 3.72. The molecule has 1 aromatic rings. The van der Waals surface area contributed by atoms with Crippen LogP contribution in [0.25, 0.3) is 0 Å². The van der Waals surface area contributed by atoms with Crippen molar-refractivity contribution in [2.75, 3.05) is 0 Å². The van der Waals surface area contributed by atoms with Gasteiger partial charge in [-0.1, -0.05) is 65.3 Å². The molecule has 114 valence electrons. The Bertz CT molecular complexity index is 494. The van der Waals surface area contributed by atoms with Crippen LogP contribution in [0.1, 0.15) is 50.5 Å². The van der Waals surface area contributed by atoms with Crippen molar-refractivity contribution in [3.05, 3.63) is 34.3 Å². The van der Waals surface area contributed by atoms with E-state index in [4.69, 9.17) is 10.6 Å². The van der Waals surface area contributed by atoms with Gasteiger partial charge in [0.15, 0.2) is 5.84 Å². The number of rotatable bonds is 5. The molecule has 0 atom stereocenters. The Morgan fingerprint density at radius 2 is 1.90 bits per heavy atom. The van der Waals surface area contributed by atoms with E-state index in [0.29, 0.717) is 12.3 Å². The zero-order valence-electron chi connectivity index (χ0n) is 12.1. The molecule has 4 nitrogen and oxygen atoms in total. The van der Waals surface area contributed by atoms with Crippen molar-refractivity contribution < 1.29 is 9.63 Å². The predicted molar refractivity (Wildman–Crippen MR) is 86.8 cm³/mol. The quantitative estimate of drug-likeness (QED) is 0.377. The molecule has 1 aliphatic rings. The highest BCUT2D eigenvalue weighted by molar-refractivity contribution is 9.10. The van der Waals surface area contributed by atoms with Gasteiger partial charge in [0.25, 0.3) is 0 Å². The molecule has 1 saturated carbocycles. The molecule has 0 heterocycles. The van der Waals surface area contributed by atoms with Gasteiger partial charge in [-0.05, 0) is 24.5 Å². The number of halogens is 1. The molecule has 1 fully saturated rings. The maximum absolute atomic E-state index is 11.7. The van der Waals surface area contributed by atoms with E-state index in [9.17, 15) is 4.79 Å². The van der Waals surface area contributed by atoms with Crippen LogP contribution in [-0.4, -0.2) is 11.8 Å². The molecule has 0 aliphatic heterocycles. The van der Waals surface area contributed by atoms with Gasteiger partial charge in [0.2, 0.25) is 0 Å². The Hall–Kier alpha value is -1.36. The summed E-state index contributed by atoms with van der Waals surface area (Å²) in [5.74, 6) is 0.577. The van der Waals surface area contributed by atoms with E-state index >= 15 is 0 Å². The SMILES string of the molecule is N/C(=N\OC(=O)CCC1CCCCC1)c1ccc(Br)cc1. The molecule has 0 saturated heterocycles. The Balaban J connectivity index is 1.76. The first-order chi connectivity index (χ1) is 10.1. The van der Waals surface area contributed by atoms with Crippen molar-refractivity contribution in [3.63, 3.8) is 0 Å². The second-order valence-corrected chi connectivity index (χ2v) is 6.41. The first-order valence-electron chi connectivity index (χ1n) is 7.44. The van der Waals surface area contributed by atoms with Crippen LogP contribution >= 0.6 is 15.9 Å². The Morgan fingerprint density at radius 3 is 2.57 bits per heavy atom. The highest BCUT2D eigenvalue weighted by Gasteiger charge is 2.15. The average Bonchev–Trinajstić information content (AvgIpc) is 2.52. The monoisotopic (exact) mass is 352 g/mol. The van der Waals surface area contributed by atoms with E-state index in [1.807, 2.05) is 24.3 Å². The van der Waals surface area contributed by atoms with Crippen LogP contribution in [0.3, 0.4) is 0 Å². The summed E-state index contributed by atoms with van der Waals surface area (Å²) >= 11 is 3.35. The van der Waals surface area contributed by atoms with Gasteiger partial charge in [-0.15, -0.1) is 0 Å². The minimum Gasteiger partial charge on any atom is -0.380 e. The molecule has 21 heavy (non-hydrogen) atoms. The summed E-state index contributed by atoms with van der Waals surface area (Å²) in [4.78, 5) is 16.6. The fourth-order valence-electron chi connectivity index (χ4n) is 2.62. The fraction of sp³-hybridized carbons (Fsp3) is 0.500. The van der Waals surface area contributed by atoms with E-state index in [1.54, 1.807) is 0 Å². The predicted octanol–water partition coefficient (Wildman–Crippen LogP) is 3.97. The summed E-state index contributed by atoms with van der Waals surface area (Å²) in [7, 11) is 0. The summed E-state index contributed by atoms with van der Waals surface area (Å²) in [5.41, 5.74) is 6.52. The van der Waals surface area contributed by atoms with E-state index in [1.165, 1.54) is 32.1 Å². The van der Waals surface area contributed by atoms with E-state index in [-0.39, 0.29) is 11.8 Å². The van der Waals surface area contributed by atoms with Crippen LogP contribution in [0, 0.1) is 5.92 Å². The summed E-state index contributed by atoms with van der Waals surface area (Å²) in [6.45, 7) is 0. The number of hydrogen-bond donors (Lipinski definition) is 1. The maximum atomic E-state index is 11.7. The second kappa shape index (κ2) is 8.17. The number of amidine groups is 1. The first kappa shape index (κ1) is 16.0.